The van der Waals surface area contributed by atoms with E-state index in [4.69, 9.17) is 16.3 Å². The van der Waals surface area contributed by atoms with E-state index in [2.05, 4.69) is 29.8 Å². The third-order valence-corrected chi connectivity index (χ3v) is 5.63. The van der Waals surface area contributed by atoms with E-state index in [0.29, 0.717) is 16.3 Å². The van der Waals surface area contributed by atoms with Crippen LogP contribution in [-0.2, 0) is 0 Å². The van der Waals surface area contributed by atoms with Crippen LogP contribution in [0.2, 0.25) is 5.02 Å². The molecule has 1 fully saturated rings. The second kappa shape index (κ2) is 5.19. The van der Waals surface area contributed by atoms with Crippen LogP contribution >= 0.6 is 27.5 Å². The Hall–Kier alpha value is -0.210. The molecular formula is C14H18BrClO. The first-order valence-electron chi connectivity index (χ1n) is 6.18. The lowest BCUT2D eigenvalue weighted by Crippen LogP contribution is -2.56. The predicted molar refractivity (Wildman–Crippen MR) is 76.2 cm³/mol. The van der Waals surface area contributed by atoms with Gasteiger partial charge in [0.25, 0.3) is 0 Å². The van der Waals surface area contributed by atoms with Crippen molar-refractivity contribution in [2.45, 2.75) is 44.0 Å². The van der Waals surface area contributed by atoms with Crippen molar-refractivity contribution in [3.8, 4) is 5.75 Å². The highest BCUT2D eigenvalue weighted by Crippen LogP contribution is 2.52. The van der Waals surface area contributed by atoms with Crippen LogP contribution in [0.1, 0.15) is 33.1 Å². The number of hydrogen-bond acceptors (Lipinski definition) is 1. The van der Waals surface area contributed by atoms with Gasteiger partial charge in [-0.3, -0.25) is 0 Å². The SMILES string of the molecule is CCC1(CC)C(Br)CC1Oc1ccc(Cl)cc1. The molecule has 1 saturated carbocycles. The third kappa shape index (κ3) is 2.34. The molecule has 0 heterocycles. The standard InChI is InChI=1S/C14H18BrClO/c1-3-14(4-2)12(15)9-13(14)17-11-7-5-10(16)6-8-11/h5-8,12-13H,3-4,9H2,1-2H3. The molecule has 1 aromatic carbocycles. The molecule has 2 atom stereocenters. The summed E-state index contributed by atoms with van der Waals surface area (Å²) in [6.45, 7) is 4.49. The minimum Gasteiger partial charge on any atom is -0.490 e. The van der Waals surface area contributed by atoms with Crippen LogP contribution in [0.15, 0.2) is 24.3 Å². The maximum Gasteiger partial charge on any atom is 0.119 e. The maximum atomic E-state index is 6.08. The second-order valence-electron chi connectivity index (χ2n) is 4.70. The van der Waals surface area contributed by atoms with E-state index >= 15 is 0 Å². The minimum atomic E-state index is 0.291. The Kier molecular flexibility index (Phi) is 4.04. The fourth-order valence-electron chi connectivity index (χ4n) is 2.69. The highest BCUT2D eigenvalue weighted by atomic mass is 79.9. The summed E-state index contributed by atoms with van der Waals surface area (Å²) < 4.78 is 6.08. The van der Waals surface area contributed by atoms with Crippen LogP contribution in [0.25, 0.3) is 0 Å². The molecule has 2 rings (SSSR count). The van der Waals surface area contributed by atoms with Gasteiger partial charge in [0, 0.05) is 15.3 Å². The number of halogens is 2. The van der Waals surface area contributed by atoms with Crippen LogP contribution in [0.4, 0.5) is 0 Å². The molecule has 0 radical (unpaired) electrons. The molecule has 1 aliphatic rings. The van der Waals surface area contributed by atoms with Crippen molar-refractivity contribution in [2.24, 2.45) is 5.41 Å². The summed E-state index contributed by atoms with van der Waals surface area (Å²) in [6.07, 6.45) is 3.71. The molecule has 0 bridgehead atoms. The lowest BCUT2D eigenvalue weighted by atomic mass is 9.62. The average molecular weight is 318 g/mol. The summed E-state index contributed by atoms with van der Waals surface area (Å²) in [5.74, 6) is 0.921. The van der Waals surface area contributed by atoms with Crippen LogP contribution in [0, 0.1) is 5.41 Å². The molecule has 0 N–H and O–H groups in total. The van der Waals surface area contributed by atoms with E-state index in [0.717, 1.165) is 30.0 Å². The van der Waals surface area contributed by atoms with Gasteiger partial charge < -0.3 is 4.74 Å². The average Bonchev–Trinajstić information content (AvgIpc) is 2.33. The van der Waals surface area contributed by atoms with E-state index in [-0.39, 0.29) is 0 Å². The van der Waals surface area contributed by atoms with Crippen LogP contribution < -0.4 is 4.74 Å². The molecule has 0 saturated heterocycles. The Balaban J connectivity index is 2.07. The molecule has 1 aromatic rings. The van der Waals surface area contributed by atoms with E-state index < -0.39 is 0 Å². The van der Waals surface area contributed by atoms with Gasteiger partial charge in [-0.25, -0.2) is 0 Å². The lowest BCUT2D eigenvalue weighted by Gasteiger charge is -2.52. The van der Waals surface area contributed by atoms with Crippen molar-refractivity contribution < 1.29 is 4.74 Å². The first-order chi connectivity index (χ1) is 8.12. The highest BCUT2D eigenvalue weighted by molar-refractivity contribution is 9.09. The molecule has 0 aromatic heterocycles. The summed E-state index contributed by atoms with van der Waals surface area (Å²) in [6, 6.07) is 7.64. The topological polar surface area (TPSA) is 9.23 Å². The fraction of sp³-hybridized carbons (Fsp3) is 0.571. The Morgan fingerprint density at radius 3 is 2.35 bits per heavy atom. The summed E-state index contributed by atoms with van der Waals surface area (Å²) in [5, 5.41) is 0.751. The molecule has 1 nitrogen and oxygen atoms in total. The molecule has 0 aliphatic heterocycles. The molecular weight excluding hydrogens is 300 g/mol. The van der Waals surface area contributed by atoms with Crippen LogP contribution in [-0.4, -0.2) is 10.9 Å². The van der Waals surface area contributed by atoms with E-state index in [9.17, 15) is 0 Å². The summed E-state index contributed by atoms with van der Waals surface area (Å²) in [5.41, 5.74) is 0.291. The first-order valence-corrected chi connectivity index (χ1v) is 7.48. The van der Waals surface area contributed by atoms with Crippen molar-refractivity contribution >= 4 is 27.5 Å². The largest absolute Gasteiger partial charge is 0.490 e. The van der Waals surface area contributed by atoms with Gasteiger partial charge in [-0.2, -0.15) is 0 Å². The molecule has 94 valence electrons. The van der Waals surface area contributed by atoms with E-state index in [1.807, 2.05) is 24.3 Å². The van der Waals surface area contributed by atoms with Crippen LogP contribution in [0.5, 0.6) is 5.75 Å². The van der Waals surface area contributed by atoms with Crippen molar-refractivity contribution in [1.29, 1.82) is 0 Å². The second-order valence-corrected chi connectivity index (χ2v) is 6.25. The first kappa shape index (κ1) is 13.2. The van der Waals surface area contributed by atoms with E-state index in [1.165, 1.54) is 0 Å². The van der Waals surface area contributed by atoms with Gasteiger partial charge >= 0.3 is 0 Å². The summed E-state index contributed by atoms with van der Waals surface area (Å²) in [4.78, 5) is 0.585. The van der Waals surface area contributed by atoms with Crippen molar-refractivity contribution in [3.05, 3.63) is 29.3 Å². The van der Waals surface area contributed by atoms with Gasteiger partial charge in [-0.05, 0) is 43.5 Å². The molecule has 1 aliphatic carbocycles. The smallest absolute Gasteiger partial charge is 0.119 e. The van der Waals surface area contributed by atoms with Crippen LogP contribution in [0.3, 0.4) is 0 Å². The number of benzene rings is 1. The van der Waals surface area contributed by atoms with Crippen molar-refractivity contribution in [2.75, 3.05) is 0 Å². The third-order valence-electron chi connectivity index (χ3n) is 4.09. The summed E-state index contributed by atoms with van der Waals surface area (Å²) in [7, 11) is 0. The Morgan fingerprint density at radius 2 is 1.88 bits per heavy atom. The minimum absolute atomic E-state index is 0.291. The number of ether oxygens (including phenoxy) is 1. The Morgan fingerprint density at radius 1 is 1.29 bits per heavy atom. The van der Waals surface area contributed by atoms with Gasteiger partial charge in [0.15, 0.2) is 0 Å². The monoisotopic (exact) mass is 316 g/mol. The van der Waals surface area contributed by atoms with Gasteiger partial charge in [-0.1, -0.05) is 41.4 Å². The molecule has 0 amide bonds. The molecule has 0 spiro atoms. The van der Waals surface area contributed by atoms with Gasteiger partial charge in [0.05, 0.1) is 0 Å². The van der Waals surface area contributed by atoms with Gasteiger partial charge in [-0.15, -0.1) is 0 Å². The highest BCUT2D eigenvalue weighted by Gasteiger charge is 2.53. The van der Waals surface area contributed by atoms with Crippen molar-refractivity contribution in [1.82, 2.24) is 0 Å². The lowest BCUT2D eigenvalue weighted by molar-refractivity contribution is -0.0410. The fourth-order valence-corrected chi connectivity index (χ4v) is 4.10. The molecule has 3 heteroatoms. The quantitative estimate of drug-likeness (QED) is 0.705. The maximum absolute atomic E-state index is 6.08. The normalized spacial score (nSPS) is 26.4. The molecule has 17 heavy (non-hydrogen) atoms. The van der Waals surface area contributed by atoms with E-state index in [1.54, 1.807) is 0 Å². The number of rotatable bonds is 4. The predicted octanol–water partition coefficient (Wildman–Crippen LogP) is 5.06. The number of alkyl halides is 1. The zero-order chi connectivity index (χ0) is 12.5. The van der Waals surface area contributed by atoms with Crippen molar-refractivity contribution in [3.63, 3.8) is 0 Å². The molecule has 2 unspecified atom stereocenters. The number of hydrogen-bond donors (Lipinski definition) is 0. The summed E-state index contributed by atoms with van der Waals surface area (Å²) >= 11 is 9.64. The van der Waals surface area contributed by atoms with Gasteiger partial charge in [0.2, 0.25) is 0 Å². The Bertz CT molecular complexity index is 372. The zero-order valence-electron chi connectivity index (χ0n) is 10.2. The Labute approximate surface area is 117 Å². The van der Waals surface area contributed by atoms with Gasteiger partial charge in [0.1, 0.15) is 11.9 Å². The zero-order valence-corrected chi connectivity index (χ0v) is 12.6.